The zero-order valence-corrected chi connectivity index (χ0v) is 20.5. The van der Waals surface area contributed by atoms with Crippen LogP contribution in [-0.2, 0) is 35.7 Å². The van der Waals surface area contributed by atoms with E-state index in [1.807, 2.05) is 0 Å². The van der Waals surface area contributed by atoms with Gasteiger partial charge in [-0.1, -0.05) is 24.3 Å². The molecule has 2 aliphatic rings. The van der Waals surface area contributed by atoms with Crippen LogP contribution in [0.1, 0.15) is 55.9 Å². The Balaban J connectivity index is 1.44. The summed E-state index contributed by atoms with van der Waals surface area (Å²) in [5.74, 6) is -1.55. The van der Waals surface area contributed by atoms with E-state index in [0.29, 0.717) is 24.0 Å². The summed E-state index contributed by atoms with van der Waals surface area (Å²) < 4.78 is 86.5. The molecule has 3 aromatic rings. The summed E-state index contributed by atoms with van der Waals surface area (Å²) in [6.07, 6.45) is -8.47. The first-order valence-corrected chi connectivity index (χ1v) is 11.9. The number of amides is 1. The molecule has 0 radical (unpaired) electrons. The first kappa shape index (κ1) is 26.6. The van der Waals surface area contributed by atoms with Gasteiger partial charge in [-0.3, -0.25) is 4.79 Å². The number of hydrogen-bond acceptors (Lipinski definition) is 5. The predicted molar refractivity (Wildman–Crippen MR) is 126 cm³/mol. The van der Waals surface area contributed by atoms with Gasteiger partial charge in [0, 0.05) is 13.1 Å². The van der Waals surface area contributed by atoms with Crippen molar-refractivity contribution in [2.45, 2.75) is 43.8 Å². The van der Waals surface area contributed by atoms with Gasteiger partial charge in [0.25, 0.3) is 5.91 Å². The minimum Gasteiger partial charge on any atom is -0.465 e. The summed E-state index contributed by atoms with van der Waals surface area (Å²) in [5, 5.41) is 6.41. The molecule has 1 amide bonds. The normalized spacial score (nSPS) is 16.1. The molecule has 39 heavy (non-hydrogen) atoms. The molecule has 1 N–H and O–H groups in total. The van der Waals surface area contributed by atoms with Gasteiger partial charge in [-0.2, -0.15) is 31.4 Å². The van der Waals surface area contributed by atoms with Crippen LogP contribution in [0.3, 0.4) is 0 Å². The summed E-state index contributed by atoms with van der Waals surface area (Å²) in [5.41, 5.74) is -2.36. The van der Waals surface area contributed by atoms with E-state index in [9.17, 15) is 35.9 Å². The second kappa shape index (κ2) is 9.31. The van der Waals surface area contributed by atoms with Crippen LogP contribution in [0.5, 0.6) is 0 Å². The highest BCUT2D eigenvalue weighted by Crippen LogP contribution is 2.47. The zero-order valence-electron chi connectivity index (χ0n) is 20.5. The van der Waals surface area contributed by atoms with Gasteiger partial charge in [0.2, 0.25) is 0 Å². The topological polar surface area (TPSA) is 76.5 Å². The van der Waals surface area contributed by atoms with Gasteiger partial charge in [0.1, 0.15) is 11.4 Å². The van der Waals surface area contributed by atoms with Crippen LogP contribution in [0.4, 0.5) is 32.2 Å². The van der Waals surface area contributed by atoms with Crippen molar-refractivity contribution in [1.29, 1.82) is 0 Å². The third kappa shape index (κ3) is 5.04. The Bertz CT molecular complexity index is 1410. The van der Waals surface area contributed by atoms with Crippen molar-refractivity contribution in [2.24, 2.45) is 0 Å². The number of carbonyl (C=O) groups is 2. The Morgan fingerprint density at radius 3 is 2.13 bits per heavy atom. The molecule has 0 spiro atoms. The summed E-state index contributed by atoms with van der Waals surface area (Å²) in [6.45, 7) is 0.288. The minimum atomic E-state index is -4.91. The SMILES string of the molecule is COC(=O)c1ccc(C2(NC(=O)c3c(C(F)(F)F)nn4c3N(Cc3ccc(C(F)(F)F)cc3)CC4)CC2)cc1. The average Bonchev–Trinajstić information content (AvgIpc) is 3.39. The highest BCUT2D eigenvalue weighted by molar-refractivity contribution is 6.01. The number of nitrogens with one attached hydrogen (secondary N) is 1. The average molecular weight is 552 g/mol. The van der Waals surface area contributed by atoms with Gasteiger partial charge in [-0.25, -0.2) is 9.48 Å². The maximum absolute atomic E-state index is 14.0. The quantitative estimate of drug-likeness (QED) is 0.338. The molecule has 206 valence electrons. The number of alkyl halides is 6. The summed E-state index contributed by atoms with van der Waals surface area (Å²) in [7, 11) is 1.24. The number of methoxy groups -OCH3 is 1. The lowest BCUT2D eigenvalue weighted by molar-refractivity contribution is -0.142. The second-order valence-electron chi connectivity index (χ2n) is 9.49. The Hall–Kier alpha value is -4.03. The molecule has 1 aliphatic heterocycles. The van der Waals surface area contributed by atoms with Crippen molar-refractivity contribution in [3.8, 4) is 0 Å². The number of nitrogens with zero attached hydrogens (tertiary/aromatic N) is 3. The molecule has 7 nitrogen and oxygen atoms in total. The largest absolute Gasteiger partial charge is 0.465 e. The van der Waals surface area contributed by atoms with Crippen LogP contribution in [-0.4, -0.2) is 35.3 Å². The van der Waals surface area contributed by atoms with Crippen LogP contribution in [0.15, 0.2) is 48.5 Å². The molecule has 1 fully saturated rings. The fraction of sp³-hybridized carbons (Fsp3) is 0.346. The standard InChI is InChI=1S/C26H22F6N4O3/c1-39-23(38)16-4-8-17(9-5-16)24(10-11-24)33-21(37)19-20(26(30,31)32)34-36-13-12-35(22(19)36)14-15-2-6-18(7-3-15)25(27,28)29/h2-9H,10-14H2,1H3,(H,33,37). The van der Waals surface area contributed by atoms with Crippen molar-refractivity contribution in [3.63, 3.8) is 0 Å². The molecule has 0 atom stereocenters. The molecule has 0 unspecified atom stereocenters. The zero-order chi connectivity index (χ0) is 28.2. The fourth-order valence-corrected chi connectivity index (χ4v) is 4.77. The molecule has 2 heterocycles. The van der Waals surface area contributed by atoms with Crippen molar-refractivity contribution >= 4 is 17.7 Å². The van der Waals surface area contributed by atoms with Gasteiger partial charge in [0.15, 0.2) is 5.69 Å². The Labute approximate surface area is 218 Å². The van der Waals surface area contributed by atoms with Crippen molar-refractivity contribution in [2.75, 3.05) is 18.6 Å². The summed E-state index contributed by atoms with van der Waals surface area (Å²) in [6, 6.07) is 10.6. The lowest BCUT2D eigenvalue weighted by Gasteiger charge is -2.22. The number of rotatable bonds is 6. The number of fused-ring (bicyclic) bond motifs is 1. The highest BCUT2D eigenvalue weighted by atomic mass is 19.4. The Kier molecular flexibility index (Phi) is 6.34. The van der Waals surface area contributed by atoms with Crippen LogP contribution >= 0.6 is 0 Å². The van der Waals surface area contributed by atoms with Gasteiger partial charge in [-0.15, -0.1) is 0 Å². The fourth-order valence-electron chi connectivity index (χ4n) is 4.77. The minimum absolute atomic E-state index is 0.0124. The molecule has 1 saturated carbocycles. The number of benzene rings is 2. The van der Waals surface area contributed by atoms with Crippen molar-refractivity contribution in [1.82, 2.24) is 15.1 Å². The van der Waals surface area contributed by atoms with Crippen LogP contribution in [0.25, 0.3) is 0 Å². The number of halogens is 6. The molecule has 1 aromatic heterocycles. The second-order valence-corrected chi connectivity index (χ2v) is 9.49. The highest BCUT2D eigenvalue weighted by Gasteiger charge is 2.49. The molecular weight excluding hydrogens is 530 g/mol. The van der Waals surface area contributed by atoms with Crippen molar-refractivity contribution < 1.29 is 40.7 Å². The van der Waals surface area contributed by atoms with E-state index >= 15 is 0 Å². The van der Waals surface area contributed by atoms with Gasteiger partial charge in [0.05, 0.1) is 30.3 Å². The number of anilines is 1. The maximum Gasteiger partial charge on any atom is 0.436 e. The number of esters is 1. The first-order valence-electron chi connectivity index (χ1n) is 11.9. The lowest BCUT2D eigenvalue weighted by atomic mass is 10.0. The van der Waals surface area contributed by atoms with Crippen molar-refractivity contribution in [3.05, 3.63) is 82.0 Å². The molecule has 5 rings (SSSR count). The van der Waals surface area contributed by atoms with E-state index in [1.54, 1.807) is 12.1 Å². The Morgan fingerprint density at radius 2 is 1.59 bits per heavy atom. The molecule has 13 heteroatoms. The number of hydrogen-bond donors (Lipinski definition) is 1. The number of carbonyl (C=O) groups excluding carboxylic acids is 2. The number of ether oxygens (including phenoxy) is 1. The molecule has 2 aromatic carbocycles. The summed E-state index contributed by atoms with van der Waals surface area (Å²) in [4.78, 5) is 26.7. The van der Waals surface area contributed by atoms with E-state index in [-0.39, 0.29) is 31.0 Å². The van der Waals surface area contributed by atoms with E-state index < -0.39 is 46.6 Å². The van der Waals surface area contributed by atoms with Crippen LogP contribution in [0.2, 0.25) is 0 Å². The van der Waals surface area contributed by atoms with Crippen LogP contribution in [0, 0.1) is 0 Å². The molecule has 0 bridgehead atoms. The summed E-state index contributed by atoms with van der Waals surface area (Å²) >= 11 is 0. The third-order valence-electron chi connectivity index (χ3n) is 6.92. The predicted octanol–water partition coefficient (Wildman–Crippen LogP) is 5.15. The smallest absolute Gasteiger partial charge is 0.436 e. The monoisotopic (exact) mass is 552 g/mol. The molecular formula is C26H22F6N4O3. The van der Waals surface area contributed by atoms with E-state index in [2.05, 4.69) is 15.2 Å². The Morgan fingerprint density at radius 1 is 0.949 bits per heavy atom. The van der Waals surface area contributed by atoms with Crippen LogP contribution < -0.4 is 10.2 Å². The maximum atomic E-state index is 14.0. The van der Waals surface area contributed by atoms with Gasteiger partial charge in [-0.05, 0) is 48.2 Å². The van der Waals surface area contributed by atoms with E-state index in [1.165, 1.54) is 36.3 Å². The van der Waals surface area contributed by atoms with Gasteiger partial charge < -0.3 is 15.0 Å². The molecule has 1 aliphatic carbocycles. The third-order valence-corrected chi connectivity index (χ3v) is 6.92. The molecule has 0 saturated heterocycles. The van der Waals surface area contributed by atoms with E-state index in [0.717, 1.165) is 16.8 Å². The first-order chi connectivity index (χ1) is 18.3. The van der Waals surface area contributed by atoms with E-state index in [4.69, 9.17) is 0 Å². The van der Waals surface area contributed by atoms with Gasteiger partial charge >= 0.3 is 18.3 Å². The number of aromatic nitrogens is 2. The lowest BCUT2D eigenvalue weighted by Crippen LogP contribution is -2.37.